The average molecular weight is 410 g/mol. The summed E-state index contributed by atoms with van der Waals surface area (Å²) in [6.07, 6.45) is 0. The number of benzene rings is 2. The van der Waals surface area contributed by atoms with Gasteiger partial charge in [0.2, 0.25) is 0 Å². The Labute approximate surface area is 168 Å². The molecule has 0 aliphatic rings. The monoisotopic (exact) mass is 410 g/mol. The topological polar surface area (TPSA) is 69.9 Å². The fraction of sp³-hybridized carbons (Fsp3) is 0.0952. The Morgan fingerprint density at radius 1 is 1.10 bits per heavy atom. The van der Waals surface area contributed by atoms with Crippen LogP contribution in [0.2, 0.25) is 0 Å². The molecule has 0 spiro atoms. The number of nitrogens with zero attached hydrogens (tertiary/aromatic N) is 2. The van der Waals surface area contributed by atoms with Crippen LogP contribution in [0.1, 0.15) is 5.69 Å². The predicted octanol–water partition coefficient (Wildman–Crippen LogP) is 3.68. The first-order valence-corrected chi connectivity index (χ1v) is 9.58. The fourth-order valence-electron chi connectivity index (χ4n) is 2.72. The molecule has 146 valence electrons. The Bertz CT molecular complexity index is 1200. The zero-order valence-electron chi connectivity index (χ0n) is 15.1. The van der Waals surface area contributed by atoms with Gasteiger partial charge in [-0.25, -0.2) is 14.2 Å². The fourth-order valence-corrected chi connectivity index (χ4v) is 3.64. The van der Waals surface area contributed by atoms with E-state index in [0.29, 0.717) is 16.4 Å². The molecule has 4 aromatic rings. The quantitative estimate of drug-likeness (QED) is 0.454. The summed E-state index contributed by atoms with van der Waals surface area (Å²) in [5, 5.41) is 1.87. The summed E-state index contributed by atoms with van der Waals surface area (Å²) >= 11 is 1.34. The first-order valence-electron chi connectivity index (χ1n) is 8.70. The normalized spacial score (nSPS) is 10.8. The van der Waals surface area contributed by atoms with E-state index in [0.717, 1.165) is 11.3 Å². The highest BCUT2D eigenvalue weighted by atomic mass is 32.1. The van der Waals surface area contributed by atoms with Crippen LogP contribution >= 0.6 is 11.3 Å². The standard InChI is InChI=1S/C21H15FN2O4S/c22-15-6-8-17(9-7-15)27-12-20(26)28-11-16-10-19(25)24-18(13-29-21(24)23-16)14-4-2-1-3-5-14/h1-10,13H,11-12H2. The van der Waals surface area contributed by atoms with Crippen LogP contribution in [-0.4, -0.2) is 22.0 Å². The van der Waals surface area contributed by atoms with E-state index in [9.17, 15) is 14.0 Å². The Kier molecular flexibility index (Phi) is 5.35. The molecule has 6 nitrogen and oxygen atoms in total. The highest BCUT2D eigenvalue weighted by Gasteiger charge is 2.12. The van der Waals surface area contributed by atoms with Crippen molar-refractivity contribution in [3.63, 3.8) is 0 Å². The van der Waals surface area contributed by atoms with Gasteiger partial charge >= 0.3 is 5.97 Å². The van der Waals surface area contributed by atoms with Gasteiger partial charge in [0.1, 0.15) is 18.2 Å². The highest BCUT2D eigenvalue weighted by molar-refractivity contribution is 7.15. The first-order chi connectivity index (χ1) is 14.1. The molecule has 0 saturated heterocycles. The van der Waals surface area contributed by atoms with Gasteiger partial charge < -0.3 is 9.47 Å². The van der Waals surface area contributed by atoms with E-state index in [2.05, 4.69) is 4.98 Å². The SMILES string of the molecule is O=C(COc1ccc(F)cc1)OCc1cc(=O)n2c(-c3ccccc3)csc2n1. The largest absolute Gasteiger partial charge is 0.482 e. The van der Waals surface area contributed by atoms with Crippen molar-refractivity contribution in [3.05, 3.63) is 87.9 Å². The van der Waals surface area contributed by atoms with Crippen molar-refractivity contribution >= 4 is 22.3 Å². The van der Waals surface area contributed by atoms with Gasteiger partial charge in [-0.3, -0.25) is 9.20 Å². The van der Waals surface area contributed by atoms with Crippen LogP contribution in [0, 0.1) is 5.82 Å². The van der Waals surface area contributed by atoms with Crippen LogP contribution in [-0.2, 0) is 16.1 Å². The lowest BCUT2D eigenvalue weighted by Crippen LogP contribution is -2.18. The molecule has 0 aliphatic carbocycles. The van der Waals surface area contributed by atoms with Crippen molar-refractivity contribution in [2.75, 3.05) is 6.61 Å². The van der Waals surface area contributed by atoms with Crippen LogP contribution in [0.25, 0.3) is 16.2 Å². The molecule has 8 heteroatoms. The number of carbonyl (C=O) groups is 1. The van der Waals surface area contributed by atoms with Crippen LogP contribution in [0.4, 0.5) is 4.39 Å². The molecule has 0 amide bonds. The van der Waals surface area contributed by atoms with Crippen LogP contribution in [0.15, 0.2) is 70.8 Å². The minimum atomic E-state index is -0.618. The molecule has 0 fully saturated rings. The van der Waals surface area contributed by atoms with E-state index in [1.165, 1.54) is 46.1 Å². The minimum absolute atomic E-state index is 0.143. The Morgan fingerprint density at radius 3 is 2.62 bits per heavy atom. The van der Waals surface area contributed by atoms with Crippen molar-refractivity contribution in [2.24, 2.45) is 0 Å². The molecule has 0 radical (unpaired) electrons. The van der Waals surface area contributed by atoms with Gasteiger partial charge in [0.05, 0.1) is 11.4 Å². The Morgan fingerprint density at radius 2 is 1.86 bits per heavy atom. The van der Waals surface area contributed by atoms with Gasteiger partial charge in [-0.05, 0) is 29.8 Å². The highest BCUT2D eigenvalue weighted by Crippen LogP contribution is 2.23. The number of halogens is 1. The third-order valence-electron chi connectivity index (χ3n) is 4.08. The van der Waals surface area contributed by atoms with Crippen LogP contribution < -0.4 is 10.3 Å². The summed E-state index contributed by atoms with van der Waals surface area (Å²) in [5.74, 6) is -0.655. The van der Waals surface area contributed by atoms with Crippen molar-refractivity contribution in [3.8, 4) is 17.0 Å². The molecule has 4 rings (SSSR count). The molecular weight excluding hydrogens is 395 g/mol. The molecule has 2 aromatic heterocycles. The zero-order valence-corrected chi connectivity index (χ0v) is 15.9. The maximum atomic E-state index is 12.9. The first kappa shape index (κ1) is 18.8. The van der Waals surface area contributed by atoms with E-state index in [1.807, 2.05) is 35.7 Å². The third kappa shape index (κ3) is 4.33. The lowest BCUT2D eigenvalue weighted by Gasteiger charge is -2.07. The number of fused-ring (bicyclic) bond motifs is 1. The molecule has 0 N–H and O–H groups in total. The third-order valence-corrected chi connectivity index (χ3v) is 4.90. The smallest absolute Gasteiger partial charge is 0.344 e. The average Bonchev–Trinajstić information content (AvgIpc) is 3.17. The minimum Gasteiger partial charge on any atom is -0.482 e. The second kappa shape index (κ2) is 8.24. The van der Waals surface area contributed by atoms with Gasteiger partial charge in [0.15, 0.2) is 11.6 Å². The molecule has 2 aromatic carbocycles. The van der Waals surface area contributed by atoms with E-state index in [-0.39, 0.29) is 18.8 Å². The van der Waals surface area contributed by atoms with E-state index >= 15 is 0 Å². The Hall–Kier alpha value is -3.52. The van der Waals surface area contributed by atoms with Gasteiger partial charge in [0, 0.05) is 11.4 Å². The number of hydrogen-bond donors (Lipinski definition) is 0. The van der Waals surface area contributed by atoms with Crippen molar-refractivity contribution < 1.29 is 18.7 Å². The number of aromatic nitrogens is 2. The predicted molar refractivity (Wildman–Crippen MR) is 106 cm³/mol. The summed E-state index contributed by atoms with van der Waals surface area (Å²) in [6.45, 7) is -0.472. The van der Waals surface area contributed by atoms with Crippen molar-refractivity contribution in [1.82, 2.24) is 9.38 Å². The summed E-state index contributed by atoms with van der Waals surface area (Å²) in [7, 11) is 0. The lowest BCUT2D eigenvalue weighted by molar-refractivity contribution is -0.147. The van der Waals surface area contributed by atoms with Gasteiger partial charge in [-0.1, -0.05) is 30.3 Å². The maximum Gasteiger partial charge on any atom is 0.344 e. The number of esters is 1. The Balaban J connectivity index is 1.43. The van der Waals surface area contributed by atoms with Gasteiger partial charge in [0.25, 0.3) is 5.56 Å². The summed E-state index contributed by atoms with van der Waals surface area (Å²) in [5.41, 5.74) is 1.79. The molecule has 29 heavy (non-hydrogen) atoms. The van der Waals surface area contributed by atoms with E-state index < -0.39 is 11.8 Å². The molecule has 0 saturated carbocycles. The van der Waals surface area contributed by atoms with Crippen LogP contribution in [0.5, 0.6) is 5.75 Å². The molecular formula is C21H15FN2O4S. The van der Waals surface area contributed by atoms with Crippen molar-refractivity contribution in [1.29, 1.82) is 0 Å². The maximum absolute atomic E-state index is 12.9. The number of ether oxygens (including phenoxy) is 2. The number of carbonyl (C=O) groups excluding carboxylic acids is 1. The summed E-state index contributed by atoms with van der Waals surface area (Å²) in [6, 6.07) is 16.2. The second-order valence-corrected chi connectivity index (χ2v) is 6.93. The number of hydrogen-bond acceptors (Lipinski definition) is 6. The molecule has 0 atom stereocenters. The van der Waals surface area contributed by atoms with E-state index in [4.69, 9.17) is 9.47 Å². The summed E-state index contributed by atoms with van der Waals surface area (Å²) < 4.78 is 24.7. The molecule has 0 unspecified atom stereocenters. The lowest BCUT2D eigenvalue weighted by atomic mass is 10.2. The van der Waals surface area contributed by atoms with Gasteiger partial charge in [-0.15, -0.1) is 11.3 Å². The zero-order chi connectivity index (χ0) is 20.2. The van der Waals surface area contributed by atoms with Crippen LogP contribution in [0.3, 0.4) is 0 Å². The van der Waals surface area contributed by atoms with Crippen molar-refractivity contribution in [2.45, 2.75) is 6.61 Å². The van der Waals surface area contributed by atoms with E-state index in [1.54, 1.807) is 0 Å². The number of thiazole rings is 1. The van der Waals surface area contributed by atoms with Gasteiger partial charge in [-0.2, -0.15) is 0 Å². The number of rotatable bonds is 6. The molecule has 0 bridgehead atoms. The molecule has 2 heterocycles. The molecule has 0 aliphatic heterocycles. The summed E-state index contributed by atoms with van der Waals surface area (Å²) in [4.78, 5) is 29.4. The second-order valence-electron chi connectivity index (χ2n) is 6.09.